The Morgan fingerprint density at radius 1 is 1.50 bits per heavy atom. The summed E-state index contributed by atoms with van der Waals surface area (Å²) in [5.41, 5.74) is 1.79. The third kappa shape index (κ3) is 3.07. The summed E-state index contributed by atoms with van der Waals surface area (Å²) >= 11 is 0. The van der Waals surface area contributed by atoms with Crippen LogP contribution in [-0.4, -0.2) is 20.8 Å². The molecule has 0 aromatic carbocycles. The Bertz CT molecular complexity index is 177. The lowest BCUT2D eigenvalue weighted by atomic mass is 10.2. The quantitative estimate of drug-likeness (QED) is 0.605. The summed E-state index contributed by atoms with van der Waals surface area (Å²) in [6.07, 6.45) is 1.63. The van der Waals surface area contributed by atoms with Crippen molar-refractivity contribution in [3.05, 3.63) is 11.5 Å². The summed E-state index contributed by atoms with van der Waals surface area (Å²) in [6, 6.07) is 0. The predicted octanol–water partition coefficient (Wildman–Crippen LogP) is 2.90. The molecule has 0 aliphatic carbocycles. The third-order valence-electron chi connectivity index (χ3n) is 1.81. The highest BCUT2D eigenvalue weighted by Crippen LogP contribution is 2.22. The minimum atomic E-state index is -1.40. The van der Waals surface area contributed by atoms with Gasteiger partial charge in [0.15, 0.2) is 0 Å². The molecule has 0 bridgehead atoms. The van der Waals surface area contributed by atoms with Gasteiger partial charge in [0.1, 0.15) is 11.9 Å². The van der Waals surface area contributed by atoms with Crippen molar-refractivity contribution >= 4 is 8.07 Å². The van der Waals surface area contributed by atoms with E-state index in [1.165, 1.54) is 0 Å². The van der Waals surface area contributed by atoms with Crippen LogP contribution in [0.15, 0.2) is 11.5 Å². The van der Waals surface area contributed by atoms with Crippen molar-refractivity contribution in [2.24, 2.45) is 0 Å². The van der Waals surface area contributed by atoms with E-state index in [-0.39, 0.29) is 11.9 Å². The molecule has 1 nitrogen and oxygen atoms in total. The van der Waals surface area contributed by atoms with Crippen molar-refractivity contribution < 1.29 is 9.13 Å². The highest BCUT2D eigenvalue weighted by atomic mass is 28.3. The van der Waals surface area contributed by atoms with E-state index in [1.807, 2.05) is 0 Å². The maximum absolute atomic E-state index is 13.4. The Labute approximate surface area is 74.6 Å². The van der Waals surface area contributed by atoms with Crippen LogP contribution in [0.5, 0.6) is 0 Å². The lowest BCUT2D eigenvalue weighted by Gasteiger charge is -2.12. The molecule has 0 aromatic heterocycles. The zero-order chi connectivity index (χ0) is 9.19. The first kappa shape index (κ1) is 9.93. The van der Waals surface area contributed by atoms with Gasteiger partial charge in [-0.05, 0) is 12.8 Å². The zero-order valence-electron chi connectivity index (χ0n) is 8.06. The highest BCUT2D eigenvalue weighted by molar-refractivity contribution is 6.81. The lowest BCUT2D eigenvalue weighted by molar-refractivity contribution is 0.119. The number of hydrogen-bond acceptors (Lipinski definition) is 1. The molecular formula is C9H17FOSi. The van der Waals surface area contributed by atoms with Crippen molar-refractivity contribution in [2.45, 2.75) is 38.6 Å². The van der Waals surface area contributed by atoms with E-state index in [4.69, 9.17) is 4.74 Å². The minimum Gasteiger partial charge on any atom is -0.371 e. The fourth-order valence-electron chi connectivity index (χ4n) is 1.30. The second kappa shape index (κ2) is 3.71. The van der Waals surface area contributed by atoms with Crippen molar-refractivity contribution in [2.75, 3.05) is 6.61 Å². The van der Waals surface area contributed by atoms with E-state index in [0.29, 0.717) is 0 Å². The van der Waals surface area contributed by atoms with Crippen LogP contribution in [0.25, 0.3) is 0 Å². The van der Waals surface area contributed by atoms with E-state index in [2.05, 4.69) is 19.6 Å². The Balaban J connectivity index is 2.56. The van der Waals surface area contributed by atoms with Crippen LogP contribution >= 0.6 is 0 Å². The van der Waals surface area contributed by atoms with E-state index < -0.39 is 8.07 Å². The van der Waals surface area contributed by atoms with Gasteiger partial charge in [-0.3, -0.25) is 0 Å². The average Bonchev–Trinajstić information content (AvgIpc) is 2.32. The van der Waals surface area contributed by atoms with Crippen molar-refractivity contribution in [3.8, 4) is 0 Å². The molecule has 1 saturated heterocycles. The Hall–Kier alpha value is -0.153. The topological polar surface area (TPSA) is 9.23 Å². The monoisotopic (exact) mass is 188 g/mol. The van der Waals surface area contributed by atoms with E-state index in [0.717, 1.165) is 19.4 Å². The fourth-order valence-corrected chi connectivity index (χ4v) is 2.31. The molecule has 1 rings (SSSR count). The summed E-state index contributed by atoms with van der Waals surface area (Å²) < 4.78 is 18.6. The second-order valence-electron chi connectivity index (χ2n) is 4.40. The molecule has 0 aromatic rings. The summed E-state index contributed by atoms with van der Waals surface area (Å²) in [5.74, 6) is -0.0355. The molecular weight excluding hydrogens is 171 g/mol. The summed E-state index contributed by atoms with van der Waals surface area (Å²) in [5, 5.41) is 0. The van der Waals surface area contributed by atoms with Crippen molar-refractivity contribution in [1.82, 2.24) is 0 Å². The molecule has 1 aliphatic heterocycles. The van der Waals surface area contributed by atoms with Crippen LogP contribution in [0.2, 0.25) is 19.6 Å². The van der Waals surface area contributed by atoms with Gasteiger partial charge in [0.05, 0.1) is 8.07 Å². The zero-order valence-corrected chi connectivity index (χ0v) is 9.06. The molecule has 1 aliphatic rings. The second-order valence-corrected chi connectivity index (χ2v) is 9.42. The number of rotatable bonds is 2. The summed E-state index contributed by atoms with van der Waals surface area (Å²) in [6.45, 7) is 7.10. The molecule has 3 heteroatoms. The highest BCUT2D eigenvalue weighted by Gasteiger charge is 2.22. The van der Waals surface area contributed by atoms with Gasteiger partial charge in [-0.25, -0.2) is 4.39 Å². The van der Waals surface area contributed by atoms with Gasteiger partial charge >= 0.3 is 0 Å². The van der Waals surface area contributed by atoms with Gasteiger partial charge in [-0.2, -0.15) is 0 Å². The number of hydrogen-bond donors (Lipinski definition) is 0. The van der Waals surface area contributed by atoms with Crippen LogP contribution < -0.4 is 0 Å². The maximum Gasteiger partial charge on any atom is 0.121 e. The minimum absolute atomic E-state index is 0.0355. The third-order valence-corrected chi connectivity index (χ3v) is 2.95. The number of ether oxygens (including phenoxy) is 1. The van der Waals surface area contributed by atoms with Gasteiger partial charge in [-0.1, -0.05) is 25.3 Å². The Morgan fingerprint density at radius 2 is 2.17 bits per heavy atom. The summed E-state index contributed by atoms with van der Waals surface area (Å²) in [7, 11) is -1.40. The molecule has 1 fully saturated rings. The maximum atomic E-state index is 13.4. The van der Waals surface area contributed by atoms with E-state index in [1.54, 1.807) is 5.70 Å². The summed E-state index contributed by atoms with van der Waals surface area (Å²) in [4.78, 5) is 0. The Morgan fingerprint density at radius 3 is 2.58 bits per heavy atom. The van der Waals surface area contributed by atoms with E-state index in [9.17, 15) is 4.39 Å². The average molecular weight is 188 g/mol. The lowest BCUT2D eigenvalue weighted by Crippen LogP contribution is -2.19. The van der Waals surface area contributed by atoms with Gasteiger partial charge in [0.25, 0.3) is 0 Å². The predicted molar refractivity (Wildman–Crippen MR) is 51.5 cm³/mol. The van der Waals surface area contributed by atoms with Gasteiger partial charge in [0.2, 0.25) is 0 Å². The molecule has 0 radical (unpaired) electrons. The van der Waals surface area contributed by atoms with Crippen LogP contribution in [0.3, 0.4) is 0 Å². The van der Waals surface area contributed by atoms with Crippen molar-refractivity contribution in [1.29, 1.82) is 0 Å². The van der Waals surface area contributed by atoms with Crippen molar-refractivity contribution in [3.63, 3.8) is 0 Å². The molecule has 1 atom stereocenters. The smallest absolute Gasteiger partial charge is 0.121 e. The SMILES string of the molecule is C[Si](C)(C)/C=C(/F)C1CCCO1. The first-order valence-corrected chi connectivity index (χ1v) is 8.06. The fraction of sp³-hybridized carbons (Fsp3) is 0.778. The van der Waals surface area contributed by atoms with Gasteiger partial charge in [-0.15, -0.1) is 0 Å². The normalized spacial score (nSPS) is 26.3. The molecule has 1 unspecified atom stereocenters. The Kier molecular flexibility index (Phi) is 3.07. The van der Waals surface area contributed by atoms with Crippen LogP contribution in [-0.2, 0) is 4.74 Å². The first-order valence-electron chi connectivity index (χ1n) is 4.49. The molecule has 0 spiro atoms. The van der Waals surface area contributed by atoms with Gasteiger partial charge < -0.3 is 4.74 Å². The molecule has 70 valence electrons. The van der Waals surface area contributed by atoms with Crippen LogP contribution in [0.1, 0.15) is 12.8 Å². The molecule has 1 heterocycles. The standard InChI is InChI=1S/C9H17FOSi/c1-12(2,3)7-8(10)9-5-4-6-11-9/h7,9H,4-6H2,1-3H3/b8-7+. The van der Waals surface area contributed by atoms with Gasteiger partial charge in [0, 0.05) is 6.61 Å². The molecule has 12 heavy (non-hydrogen) atoms. The largest absolute Gasteiger partial charge is 0.371 e. The number of halogens is 1. The van der Waals surface area contributed by atoms with E-state index >= 15 is 0 Å². The molecule has 0 amide bonds. The first-order chi connectivity index (χ1) is 5.49. The van der Waals surface area contributed by atoms with Crippen LogP contribution in [0, 0.1) is 0 Å². The van der Waals surface area contributed by atoms with Crippen LogP contribution in [0.4, 0.5) is 4.39 Å². The molecule has 0 N–H and O–H groups in total. The molecule has 0 saturated carbocycles.